The van der Waals surface area contributed by atoms with Crippen molar-refractivity contribution in [2.75, 3.05) is 13.7 Å². The number of methoxy groups -OCH3 is 1. The largest absolute Gasteiger partial charge is 0.388 e. The Morgan fingerprint density at radius 1 is 1.25 bits per heavy atom. The third-order valence-corrected chi connectivity index (χ3v) is 4.00. The Labute approximate surface area is 141 Å². The highest BCUT2D eigenvalue weighted by atomic mass is 16.7. The highest BCUT2D eigenvalue weighted by molar-refractivity contribution is 5.76. The van der Waals surface area contributed by atoms with Crippen molar-refractivity contribution >= 4 is 5.91 Å². The molecule has 2 rings (SSSR count). The minimum atomic E-state index is -1.22. The average molecular weight is 339 g/mol. The Kier molecular flexibility index (Phi) is 7.14. The summed E-state index contributed by atoms with van der Waals surface area (Å²) >= 11 is 0. The van der Waals surface area contributed by atoms with Crippen molar-refractivity contribution in [1.82, 2.24) is 5.32 Å². The topological polar surface area (TPSA) is 97.3 Å². The fourth-order valence-corrected chi connectivity index (χ4v) is 2.61. The molecule has 7 heteroatoms. The summed E-state index contributed by atoms with van der Waals surface area (Å²) in [6, 6.07) is 8.98. The monoisotopic (exact) mass is 339 g/mol. The van der Waals surface area contributed by atoms with E-state index in [1.54, 1.807) is 6.92 Å². The van der Waals surface area contributed by atoms with Gasteiger partial charge < -0.3 is 29.7 Å². The third kappa shape index (κ3) is 4.99. The van der Waals surface area contributed by atoms with Crippen molar-refractivity contribution < 1.29 is 29.2 Å². The lowest BCUT2D eigenvalue weighted by Gasteiger charge is -2.41. The first-order chi connectivity index (χ1) is 11.5. The Morgan fingerprint density at radius 3 is 2.62 bits per heavy atom. The van der Waals surface area contributed by atoms with Crippen LogP contribution in [0.1, 0.15) is 18.9 Å². The van der Waals surface area contributed by atoms with Gasteiger partial charge in [-0.1, -0.05) is 30.3 Å². The van der Waals surface area contributed by atoms with Crippen molar-refractivity contribution in [3.8, 4) is 0 Å². The quantitative estimate of drug-likeness (QED) is 0.614. The fourth-order valence-electron chi connectivity index (χ4n) is 2.61. The number of aliphatic hydroxyl groups is 2. The number of amides is 1. The fraction of sp³-hybridized carbons (Fsp3) is 0.588. The van der Waals surface area contributed by atoms with E-state index in [9.17, 15) is 15.0 Å². The minimum Gasteiger partial charge on any atom is -0.388 e. The third-order valence-electron chi connectivity index (χ3n) is 4.00. The van der Waals surface area contributed by atoms with E-state index in [4.69, 9.17) is 14.2 Å². The number of rotatable bonds is 7. The molecule has 5 atom stereocenters. The van der Waals surface area contributed by atoms with Gasteiger partial charge >= 0.3 is 0 Å². The minimum absolute atomic E-state index is 0.159. The average Bonchev–Trinajstić information content (AvgIpc) is 2.59. The van der Waals surface area contributed by atoms with Crippen molar-refractivity contribution in [2.45, 2.75) is 50.6 Å². The molecule has 0 aliphatic carbocycles. The van der Waals surface area contributed by atoms with Crippen molar-refractivity contribution in [3.05, 3.63) is 35.9 Å². The van der Waals surface area contributed by atoms with Crippen LogP contribution in [0.2, 0.25) is 0 Å². The molecule has 0 spiro atoms. The zero-order valence-corrected chi connectivity index (χ0v) is 13.9. The Hall–Kier alpha value is -1.51. The maximum atomic E-state index is 12.0. The molecule has 0 saturated carbocycles. The maximum absolute atomic E-state index is 12.0. The second-order valence-electron chi connectivity index (χ2n) is 5.81. The van der Waals surface area contributed by atoms with Gasteiger partial charge in [0.25, 0.3) is 0 Å². The summed E-state index contributed by atoms with van der Waals surface area (Å²) in [5, 5.41) is 22.7. The van der Waals surface area contributed by atoms with Crippen LogP contribution in [0.5, 0.6) is 0 Å². The molecule has 1 aromatic rings. The second-order valence-corrected chi connectivity index (χ2v) is 5.81. The van der Waals surface area contributed by atoms with Crippen LogP contribution in [0.15, 0.2) is 30.3 Å². The summed E-state index contributed by atoms with van der Waals surface area (Å²) in [6.07, 6.45) is -3.61. The van der Waals surface area contributed by atoms with Crippen LogP contribution < -0.4 is 5.32 Å². The molecule has 1 heterocycles. The van der Waals surface area contributed by atoms with Gasteiger partial charge in [0.1, 0.15) is 12.2 Å². The summed E-state index contributed by atoms with van der Waals surface area (Å²) in [7, 11) is 1.39. The first-order valence-electron chi connectivity index (χ1n) is 7.98. The molecule has 1 aromatic carbocycles. The summed E-state index contributed by atoms with van der Waals surface area (Å²) in [5.41, 5.74) is 1.04. The highest BCUT2D eigenvalue weighted by Gasteiger charge is 2.43. The van der Waals surface area contributed by atoms with Crippen LogP contribution in [0, 0.1) is 0 Å². The first-order valence-corrected chi connectivity index (χ1v) is 7.98. The van der Waals surface area contributed by atoms with Gasteiger partial charge in [-0.05, 0) is 12.5 Å². The predicted octanol–water partition coefficient (Wildman–Crippen LogP) is 0.191. The number of carbonyl (C=O) groups excluding carboxylic acids is 1. The van der Waals surface area contributed by atoms with E-state index in [0.29, 0.717) is 6.61 Å². The maximum Gasteiger partial charge on any atom is 0.222 e. The molecule has 0 aromatic heterocycles. The molecule has 0 unspecified atom stereocenters. The van der Waals surface area contributed by atoms with Crippen LogP contribution in [0.4, 0.5) is 0 Å². The van der Waals surface area contributed by atoms with Gasteiger partial charge in [-0.15, -0.1) is 0 Å². The van der Waals surface area contributed by atoms with Crippen molar-refractivity contribution in [3.63, 3.8) is 0 Å². The van der Waals surface area contributed by atoms with Gasteiger partial charge in [-0.2, -0.15) is 0 Å². The number of aliphatic hydroxyl groups excluding tert-OH is 2. The number of hydrogen-bond donors (Lipinski definition) is 3. The number of nitrogens with one attached hydrogen (secondary N) is 1. The SMILES string of the molecule is CO[C@H]1O[C@H](C)[C@@H](NC(=O)CCOCc2ccccc2)[C@H](O)[C@@H]1O. The van der Waals surface area contributed by atoms with Crippen molar-refractivity contribution in [2.24, 2.45) is 0 Å². The lowest BCUT2D eigenvalue weighted by Crippen LogP contribution is -2.63. The smallest absolute Gasteiger partial charge is 0.222 e. The normalized spacial score (nSPS) is 30.1. The summed E-state index contributed by atoms with van der Waals surface area (Å²) in [5.74, 6) is -0.273. The van der Waals surface area contributed by atoms with Crippen LogP contribution in [-0.2, 0) is 25.6 Å². The molecule has 24 heavy (non-hydrogen) atoms. The van der Waals surface area contributed by atoms with E-state index in [1.807, 2.05) is 30.3 Å². The zero-order chi connectivity index (χ0) is 17.5. The molecule has 134 valence electrons. The molecule has 0 radical (unpaired) electrons. The standard InChI is InChI=1S/C17H25NO6/c1-11-14(15(20)16(21)17(22-2)24-11)18-13(19)8-9-23-10-12-6-4-3-5-7-12/h3-7,11,14-17,20-21H,8-10H2,1-2H3,(H,18,19)/t11-,14-,15+,16+,17+/m1/s1. The number of carbonyl (C=O) groups is 1. The van der Waals surface area contributed by atoms with Crippen LogP contribution in [-0.4, -0.2) is 60.5 Å². The Balaban J connectivity index is 1.73. The first kappa shape index (κ1) is 18.8. The van der Waals surface area contributed by atoms with E-state index < -0.39 is 30.6 Å². The van der Waals surface area contributed by atoms with Gasteiger partial charge in [-0.3, -0.25) is 4.79 Å². The number of ether oxygens (including phenoxy) is 3. The lowest BCUT2D eigenvalue weighted by molar-refractivity contribution is -0.263. The molecule has 1 aliphatic rings. The van der Waals surface area contributed by atoms with E-state index in [0.717, 1.165) is 5.56 Å². The molecule has 1 saturated heterocycles. The summed E-state index contributed by atoms with van der Waals surface area (Å²) in [6.45, 7) is 2.41. The molecule has 1 fully saturated rings. The molecule has 0 bridgehead atoms. The lowest BCUT2D eigenvalue weighted by atomic mass is 9.97. The van der Waals surface area contributed by atoms with E-state index in [1.165, 1.54) is 7.11 Å². The molecular weight excluding hydrogens is 314 g/mol. The van der Waals surface area contributed by atoms with E-state index >= 15 is 0 Å². The Morgan fingerprint density at radius 2 is 1.96 bits per heavy atom. The molecule has 1 aliphatic heterocycles. The summed E-state index contributed by atoms with van der Waals surface area (Å²) < 4.78 is 15.9. The number of benzene rings is 1. The second kappa shape index (κ2) is 9.10. The molecule has 3 N–H and O–H groups in total. The van der Waals surface area contributed by atoms with Gasteiger partial charge in [0.15, 0.2) is 6.29 Å². The highest BCUT2D eigenvalue weighted by Crippen LogP contribution is 2.21. The van der Waals surface area contributed by atoms with Gasteiger partial charge in [0.2, 0.25) is 5.91 Å². The number of hydrogen-bond acceptors (Lipinski definition) is 6. The van der Waals surface area contributed by atoms with Crippen molar-refractivity contribution in [1.29, 1.82) is 0 Å². The molecule has 1 amide bonds. The van der Waals surface area contributed by atoms with E-state index in [-0.39, 0.29) is 18.9 Å². The Bertz CT molecular complexity index is 511. The summed E-state index contributed by atoms with van der Waals surface area (Å²) in [4.78, 5) is 12.0. The van der Waals surface area contributed by atoms with Gasteiger partial charge in [-0.25, -0.2) is 0 Å². The van der Waals surface area contributed by atoms with E-state index in [2.05, 4.69) is 5.32 Å². The van der Waals surface area contributed by atoms with Crippen LogP contribution >= 0.6 is 0 Å². The van der Waals surface area contributed by atoms with Gasteiger partial charge in [0.05, 0.1) is 25.4 Å². The predicted molar refractivity (Wildman–Crippen MR) is 86.0 cm³/mol. The van der Waals surface area contributed by atoms with Crippen LogP contribution in [0.3, 0.4) is 0 Å². The van der Waals surface area contributed by atoms with Gasteiger partial charge in [0, 0.05) is 13.5 Å². The van der Waals surface area contributed by atoms with Crippen LogP contribution in [0.25, 0.3) is 0 Å². The zero-order valence-electron chi connectivity index (χ0n) is 13.9. The molecule has 7 nitrogen and oxygen atoms in total. The molecular formula is C17H25NO6.